The maximum absolute atomic E-state index is 13.2. The highest BCUT2D eigenvalue weighted by molar-refractivity contribution is 7.89. The van der Waals surface area contributed by atoms with Crippen LogP contribution in [0.5, 0.6) is 11.5 Å². The van der Waals surface area contributed by atoms with Crippen molar-refractivity contribution in [3.05, 3.63) is 42.0 Å². The Morgan fingerprint density at radius 2 is 1.54 bits per heavy atom. The van der Waals surface area contributed by atoms with Gasteiger partial charge in [-0.1, -0.05) is 25.2 Å². The molecule has 0 spiro atoms. The predicted octanol–water partition coefficient (Wildman–Crippen LogP) is 4.09. The summed E-state index contributed by atoms with van der Waals surface area (Å²) in [5.74, 6) is 1.35. The van der Waals surface area contributed by atoms with Gasteiger partial charge in [0.2, 0.25) is 10.0 Å². The van der Waals surface area contributed by atoms with Crippen molar-refractivity contribution >= 4 is 42.6 Å². The number of hydrogen-bond acceptors (Lipinski definition) is 8. The Morgan fingerprint density at radius 1 is 0.946 bits per heavy atom. The van der Waals surface area contributed by atoms with Crippen LogP contribution in [-0.4, -0.2) is 82.0 Å². The second kappa shape index (κ2) is 11.7. The zero-order chi connectivity index (χ0) is 26.6. The third-order valence-corrected chi connectivity index (χ3v) is 9.47. The van der Waals surface area contributed by atoms with Crippen molar-refractivity contribution in [2.45, 2.75) is 31.6 Å². The molecule has 1 aliphatic rings. The number of aromatic nitrogens is 1. The van der Waals surface area contributed by atoms with E-state index in [1.54, 1.807) is 54.7 Å². The Morgan fingerprint density at radius 3 is 2.11 bits per heavy atom. The van der Waals surface area contributed by atoms with E-state index in [1.807, 2.05) is 26.0 Å². The minimum atomic E-state index is -3.57. The number of benzene rings is 2. The van der Waals surface area contributed by atoms with Crippen molar-refractivity contribution in [2.24, 2.45) is 0 Å². The lowest BCUT2D eigenvalue weighted by atomic mass is 10.2. The molecule has 1 aromatic heterocycles. The van der Waals surface area contributed by atoms with Gasteiger partial charge in [0.25, 0.3) is 5.91 Å². The van der Waals surface area contributed by atoms with Crippen LogP contribution in [0.3, 0.4) is 0 Å². The number of fused-ring (bicyclic) bond motifs is 1. The lowest BCUT2D eigenvalue weighted by Gasteiger charge is -2.34. The van der Waals surface area contributed by atoms with Crippen molar-refractivity contribution in [3.63, 3.8) is 0 Å². The average Bonchev–Trinajstić information content (AvgIpc) is 3.38. The number of piperazine rings is 1. The van der Waals surface area contributed by atoms with Crippen molar-refractivity contribution in [3.8, 4) is 11.5 Å². The molecular weight excluding hydrogens is 512 g/mol. The van der Waals surface area contributed by atoms with Gasteiger partial charge in [0.1, 0.15) is 21.7 Å². The normalized spacial score (nSPS) is 14.4. The Labute approximate surface area is 222 Å². The molecule has 37 heavy (non-hydrogen) atoms. The van der Waals surface area contributed by atoms with Gasteiger partial charge in [-0.3, -0.25) is 4.79 Å². The van der Waals surface area contributed by atoms with E-state index in [9.17, 15) is 13.2 Å². The molecule has 1 fully saturated rings. The van der Waals surface area contributed by atoms with Crippen LogP contribution in [0.4, 0.5) is 5.13 Å². The van der Waals surface area contributed by atoms with Gasteiger partial charge in [0, 0.05) is 44.8 Å². The van der Waals surface area contributed by atoms with E-state index in [4.69, 9.17) is 14.5 Å². The largest absolute Gasteiger partial charge is 0.495 e. The summed E-state index contributed by atoms with van der Waals surface area (Å²) >= 11 is 1.55. The molecule has 0 radical (unpaired) electrons. The molecule has 0 aliphatic carbocycles. The van der Waals surface area contributed by atoms with Crippen LogP contribution in [-0.2, 0) is 10.0 Å². The molecule has 0 saturated carbocycles. The summed E-state index contributed by atoms with van der Waals surface area (Å²) in [7, 11) is -0.312. The number of ether oxygens (including phenoxy) is 2. The number of rotatable bonds is 10. The van der Waals surface area contributed by atoms with E-state index in [-0.39, 0.29) is 10.8 Å². The number of anilines is 1. The number of carbonyl (C=O) groups is 1. The van der Waals surface area contributed by atoms with Gasteiger partial charge in [-0.15, -0.1) is 0 Å². The molecule has 200 valence electrons. The first-order valence-electron chi connectivity index (χ1n) is 12.5. The van der Waals surface area contributed by atoms with Gasteiger partial charge in [-0.05, 0) is 49.2 Å². The molecular formula is C26H34N4O5S2. The molecule has 9 nitrogen and oxygen atoms in total. The van der Waals surface area contributed by atoms with E-state index in [2.05, 4.69) is 4.90 Å². The average molecular weight is 547 g/mol. The second-order valence-corrected chi connectivity index (χ2v) is 11.8. The van der Waals surface area contributed by atoms with E-state index in [0.717, 1.165) is 33.9 Å². The van der Waals surface area contributed by atoms with Crippen LogP contribution in [0, 0.1) is 0 Å². The monoisotopic (exact) mass is 546 g/mol. The van der Waals surface area contributed by atoms with Crippen LogP contribution in [0.15, 0.2) is 41.3 Å². The van der Waals surface area contributed by atoms with Crippen LogP contribution >= 0.6 is 11.3 Å². The SMILES string of the molecule is CCCN(CCC)S(=O)(=O)c1ccc(C(=O)N2CCN(c3nc4c(OC)ccc(OC)c4s3)CC2)cc1. The summed E-state index contributed by atoms with van der Waals surface area (Å²) in [4.78, 5) is 22.1. The molecule has 2 aromatic carbocycles. The third-order valence-electron chi connectivity index (χ3n) is 6.42. The molecule has 0 N–H and O–H groups in total. The lowest BCUT2D eigenvalue weighted by Crippen LogP contribution is -2.48. The summed E-state index contributed by atoms with van der Waals surface area (Å²) in [6.45, 7) is 7.27. The van der Waals surface area contributed by atoms with Crippen LogP contribution in [0.2, 0.25) is 0 Å². The Bertz CT molecular complexity index is 1290. The second-order valence-electron chi connectivity index (χ2n) is 8.85. The van der Waals surface area contributed by atoms with Crippen LogP contribution < -0.4 is 14.4 Å². The Hall–Kier alpha value is -2.89. The molecule has 1 saturated heterocycles. The molecule has 3 aromatic rings. The van der Waals surface area contributed by atoms with E-state index < -0.39 is 10.0 Å². The van der Waals surface area contributed by atoms with Gasteiger partial charge >= 0.3 is 0 Å². The molecule has 1 amide bonds. The van der Waals surface area contributed by atoms with Gasteiger partial charge in [0.15, 0.2) is 5.13 Å². The minimum absolute atomic E-state index is 0.102. The highest BCUT2D eigenvalue weighted by atomic mass is 32.2. The quantitative estimate of drug-likeness (QED) is 0.378. The molecule has 1 aliphatic heterocycles. The fourth-order valence-electron chi connectivity index (χ4n) is 4.46. The standard InChI is InChI=1S/C26H34N4O5S2/c1-5-13-30(14-6-2)37(32,33)20-9-7-19(8-10-20)25(31)28-15-17-29(18-16-28)26-27-23-21(34-3)11-12-22(35-4)24(23)36-26/h7-12H,5-6,13-18H2,1-4H3. The smallest absolute Gasteiger partial charge is 0.253 e. The maximum Gasteiger partial charge on any atom is 0.253 e. The summed E-state index contributed by atoms with van der Waals surface area (Å²) in [6, 6.07) is 10.0. The molecule has 0 unspecified atom stereocenters. The number of sulfonamides is 1. The van der Waals surface area contributed by atoms with Crippen molar-refractivity contribution in [1.82, 2.24) is 14.2 Å². The van der Waals surface area contributed by atoms with Gasteiger partial charge in [0.05, 0.1) is 19.1 Å². The predicted molar refractivity (Wildman–Crippen MR) is 147 cm³/mol. The first kappa shape index (κ1) is 27.2. The van der Waals surface area contributed by atoms with Crippen molar-refractivity contribution in [2.75, 3.05) is 58.4 Å². The molecule has 11 heteroatoms. The number of thiazole rings is 1. The van der Waals surface area contributed by atoms with Crippen LogP contribution in [0.1, 0.15) is 37.0 Å². The lowest BCUT2D eigenvalue weighted by molar-refractivity contribution is 0.0746. The van der Waals surface area contributed by atoms with Gasteiger partial charge in [-0.2, -0.15) is 4.31 Å². The van der Waals surface area contributed by atoms with Crippen LogP contribution in [0.25, 0.3) is 10.2 Å². The third kappa shape index (κ3) is 5.53. The van der Waals surface area contributed by atoms with Crippen molar-refractivity contribution in [1.29, 1.82) is 0 Å². The van der Waals surface area contributed by atoms with Gasteiger partial charge < -0.3 is 19.3 Å². The Kier molecular flexibility index (Phi) is 8.56. The first-order chi connectivity index (χ1) is 17.8. The number of nitrogens with zero attached hydrogens (tertiary/aromatic N) is 4. The van der Waals surface area contributed by atoms with Crippen molar-refractivity contribution < 1.29 is 22.7 Å². The summed E-state index contributed by atoms with van der Waals surface area (Å²) in [6.07, 6.45) is 1.50. The highest BCUT2D eigenvalue weighted by Crippen LogP contribution is 2.40. The fraction of sp³-hybridized carbons (Fsp3) is 0.462. The molecule has 2 heterocycles. The van der Waals surface area contributed by atoms with E-state index >= 15 is 0 Å². The van der Waals surface area contributed by atoms with E-state index in [1.165, 1.54) is 4.31 Å². The number of methoxy groups -OCH3 is 2. The number of amides is 1. The topological polar surface area (TPSA) is 92.3 Å². The summed E-state index contributed by atoms with van der Waals surface area (Å²) in [5, 5.41) is 0.864. The number of carbonyl (C=O) groups excluding carboxylic acids is 1. The first-order valence-corrected chi connectivity index (χ1v) is 14.8. The zero-order valence-corrected chi connectivity index (χ0v) is 23.4. The minimum Gasteiger partial charge on any atom is -0.495 e. The molecule has 0 bridgehead atoms. The Balaban J connectivity index is 1.44. The number of hydrogen-bond donors (Lipinski definition) is 0. The maximum atomic E-state index is 13.2. The summed E-state index contributed by atoms with van der Waals surface area (Å²) in [5.41, 5.74) is 1.26. The zero-order valence-electron chi connectivity index (χ0n) is 21.8. The van der Waals surface area contributed by atoms with Gasteiger partial charge in [-0.25, -0.2) is 13.4 Å². The molecule has 4 rings (SSSR count). The fourth-order valence-corrected chi connectivity index (χ4v) is 7.21. The van der Waals surface area contributed by atoms with E-state index in [0.29, 0.717) is 50.6 Å². The highest BCUT2D eigenvalue weighted by Gasteiger charge is 2.27. The summed E-state index contributed by atoms with van der Waals surface area (Å²) < 4.78 is 39.4. The molecule has 0 atom stereocenters.